The van der Waals surface area contributed by atoms with Crippen molar-refractivity contribution in [2.24, 2.45) is 0 Å². The Morgan fingerprint density at radius 1 is 0.472 bits per heavy atom. The van der Waals surface area contributed by atoms with E-state index < -0.39 is 0 Å². The number of nitrogens with zero attached hydrogens (tertiary/aromatic N) is 5. The second kappa shape index (κ2) is 12.0. The van der Waals surface area contributed by atoms with Crippen molar-refractivity contribution in [1.82, 2.24) is 9.13 Å². The van der Waals surface area contributed by atoms with E-state index in [0.29, 0.717) is 11.3 Å². The summed E-state index contributed by atoms with van der Waals surface area (Å²) >= 11 is 0. The third-order valence-corrected chi connectivity index (χ3v) is 10.3. The average Bonchev–Trinajstić information content (AvgIpc) is 3.74. The topological polar surface area (TPSA) is 41.2 Å². The van der Waals surface area contributed by atoms with Gasteiger partial charge in [-0.2, -0.15) is 5.26 Å². The first-order valence-electron chi connectivity index (χ1n) is 17.5. The SMILES string of the molecule is [C-]#[N+]c1cc(C#N)c(-n2c3ccccc3c3ccccc32)cc1-n1c2ccc(N(c3ccccc3)c3ccccc3)cc2c2c3ccccc3ccc21. The van der Waals surface area contributed by atoms with Crippen molar-refractivity contribution in [1.29, 1.82) is 5.26 Å². The molecule has 246 valence electrons. The van der Waals surface area contributed by atoms with E-state index in [1.165, 1.54) is 0 Å². The summed E-state index contributed by atoms with van der Waals surface area (Å²) in [7, 11) is 0. The number of rotatable bonds is 5. The van der Waals surface area contributed by atoms with Gasteiger partial charge in [-0.05, 0) is 83.6 Å². The molecular weight excluding hydrogens is 647 g/mol. The van der Waals surface area contributed by atoms with Crippen molar-refractivity contribution in [2.45, 2.75) is 0 Å². The maximum Gasteiger partial charge on any atom is 0.212 e. The lowest BCUT2D eigenvalue weighted by molar-refractivity contribution is 1.13. The molecule has 0 aliphatic carbocycles. The quantitative estimate of drug-likeness (QED) is 0.170. The number of nitriles is 1. The molecule has 8 aromatic carbocycles. The Balaban J connectivity index is 1.31. The number of aromatic nitrogens is 2. The van der Waals surface area contributed by atoms with Gasteiger partial charge < -0.3 is 14.0 Å². The molecule has 0 bridgehead atoms. The minimum atomic E-state index is 0.414. The molecule has 0 aliphatic heterocycles. The van der Waals surface area contributed by atoms with Crippen LogP contribution in [-0.4, -0.2) is 9.13 Å². The van der Waals surface area contributed by atoms with Crippen molar-refractivity contribution in [3.8, 4) is 17.4 Å². The van der Waals surface area contributed by atoms with Gasteiger partial charge in [0.2, 0.25) is 5.69 Å². The summed E-state index contributed by atoms with van der Waals surface area (Å²) in [5.41, 5.74) is 9.44. The van der Waals surface area contributed by atoms with Crippen LogP contribution in [0.4, 0.5) is 22.7 Å². The standard InChI is InChI=1S/C48H29N5/c1-50-41-28-33(31-49)46(52-42-22-12-10-20-38(42)39-21-11-13-23-43(39)52)30-47(41)53-44-27-25-36(51(34-15-4-2-5-16-34)35-17-6-3-7-18-35)29-40(44)48-37-19-9-8-14-32(37)24-26-45(48)53/h2-30H. The largest absolute Gasteiger partial charge is 0.319 e. The van der Waals surface area contributed by atoms with Crippen molar-refractivity contribution in [2.75, 3.05) is 4.90 Å². The summed E-state index contributed by atoms with van der Waals surface area (Å²) < 4.78 is 4.38. The van der Waals surface area contributed by atoms with Crippen LogP contribution < -0.4 is 4.90 Å². The molecule has 0 aliphatic rings. The molecular formula is C48H29N5. The Morgan fingerprint density at radius 2 is 1.02 bits per heavy atom. The average molecular weight is 676 g/mol. The molecule has 0 spiro atoms. The minimum Gasteiger partial charge on any atom is -0.319 e. The third kappa shape index (κ3) is 4.62. The van der Waals surface area contributed by atoms with E-state index in [0.717, 1.165) is 82.8 Å². The van der Waals surface area contributed by atoms with Gasteiger partial charge >= 0.3 is 0 Å². The zero-order valence-corrected chi connectivity index (χ0v) is 28.5. The summed E-state index contributed by atoms with van der Waals surface area (Å²) in [5, 5.41) is 17.2. The highest BCUT2D eigenvalue weighted by atomic mass is 15.1. The Bertz CT molecular complexity index is 3050. The lowest BCUT2D eigenvalue weighted by Gasteiger charge is -2.25. The molecule has 0 fully saturated rings. The van der Waals surface area contributed by atoms with E-state index in [1.54, 1.807) is 6.07 Å². The Morgan fingerprint density at radius 3 is 1.66 bits per heavy atom. The van der Waals surface area contributed by atoms with Crippen LogP contribution >= 0.6 is 0 Å². The van der Waals surface area contributed by atoms with Gasteiger partial charge in [0.15, 0.2) is 0 Å². The maximum absolute atomic E-state index is 10.6. The fourth-order valence-electron chi connectivity index (χ4n) is 8.07. The van der Waals surface area contributed by atoms with Crippen LogP contribution in [0.2, 0.25) is 0 Å². The van der Waals surface area contributed by atoms with Gasteiger partial charge in [-0.15, -0.1) is 0 Å². The Hall–Kier alpha value is -7.60. The number of fused-ring (bicyclic) bond motifs is 8. The van der Waals surface area contributed by atoms with Gasteiger partial charge in [-0.1, -0.05) is 103 Å². The normalized spacial score (nSPS) is 11.4. The van der Waals surface area contributed by atoms with E-state index in [1.807, 2.05) is 42.5 Å². The van der Waals surface area contributed by atoms with Crippen LogP contribution in [0.1, 0.15) is 5.56 Å². The summed E-state index contributed by atoms with van der Waals surface area (Å²) in [6, 6.07) is 63.1. The fraction of sp³-hybridized carbons (Fsp3) is 0. The van der Waals surface area contributed by atoms with Gasteiger partial charge in [0.05, 0.1) is 51.6 Å². The van der Waals surface area contributed by atoms with Crippen molar-refractivity contribution in [3.63, 3.8) is 0 Å². The van der Waals surface area contributed by atoms with Crippen molar-refractivity contribution >= 4 is 77.1 Å². The van der Waals surface area contributed by atoms with Gasteiger partial charge in [0.1, 0.15) is 0 Å². The number of benzene rings is 8. The molecule has 5 nitrogen and oxygen atoms in total. The molecule has 5 heteroatoms. The number of hydrogen-bond donors (Lipinski definition) is 0. The molecule has 0 atom stereocenters. The van der Waals surface area contributed by atoms with Crippen LogP contribution in [0.5, 0.6) is 0 Å². The second-order valence-electron chi connectivity index (χ2n) is 13.2. The van der Waals surface area contributed by atoms with Crippen LogP contribution in [0, 0.1) is 17.9 Å². The first kappa shape index (κ1) is 30.2. The second-order valence-corrected chi connectivity index (χ2v) is 13.2. The number of para-hydroxylation sites is 4. The van der Waals surface area contributed by atoms with Gasteiger partial charge in [0, 0.05) is 38.6 Å². The summed E-state index contributed by atoms with van der Waals surface area (Å²) in [5.74, 6) is 0. The lowest BCUT2D eigenvalue weighted by atomic mass is 10.0. The Kier molecular flexibility index (Phi) is 6.86. The highest BCUT2D eigenvalue weighted by Crippen LogP contribution is 2.44. The first-order chi connectivity index (χ1) is 26.2. The van der Waals surface area contributed by atoms with Crippen LogP contribution in [0.25, 0.3) is 70.6 Å². The van der Waals surface area contributed by atoms with Gasteiger partial charge in [-0.25, -0.2) is 4.85 Å². The van der Waals surface area contributed by atoms with E-state index in [2.05, 4.69) is 152 Å². The zero-order chi connectivity index (χ0) is 35.5. The predicted octanol–water partition coefficient (Wildman–Crippen LogP) is 12.9. The van der Waals surface area contributed by atoms with Gasteiger partial charge in [0.25, 0.3) is 0 Å². The van der Waals surface area contributed by atoms with Crippen LogP contribution in [0.15, 0.2) is 176 Å². The molecule has 0 unspecified atom stereocenters. The van der Waals surface area contributed by atoms with E-state index in [4.69, 9.17) is 6.57 Å². The highest BCUT2D eigenvalue weighted by molar-refractivity contribution is 6.22. The fourth-order valence-corrected chi connectivity index (χ4v) is 8.07. The molecule has 2 aromatic heterocycles. The lowest BCUT2D eigenvalue weighted by Crippen LogP contribution is -2.09. The summed E-state index contributed by atoms with van der Waals surface area (Å²) in [6.45, 7) is 8.38. The Labute approximate surface area is 305 Å². The van der Waals surface area contributed by atoms with Crippen LogP contribution in [0.3, 0.4) is 0 Å². The molecule has 2 heterocycles. The molecule has 0 saturated heterocycles. The van der Waals surface area contributed by atoms with Crippen LogP contribution in [-0.2, 0) is 0 Å². The number of anilines is 3. The molecule has 10 aromatic rings. The smallest absolute Gasteiger partial charge is 0.212 e. The van der Waals surface area contributed by atoms with E-state index in [-0.39, 0.29) is 0 Å². The highest BCUT2D eigenvalue weighted by Gasteiger charge is 2.23. The monoisotopic (exact) mass is 675 g/mol. The van der Waals surface area contributed by atoms with E-state index >= 15 is 0 Å². The molecule has 0 radical (unpaired) electrons. The molecule has 0 saturated carbocycles. The number of hydrogen-bond acceptors (Lipinski definition) is 2. The molecule has 0 amide bonds. The molecule has 0 N–H and O–H groups in total. The summed E-state index contributed by atoms with van der Waals surface area (Å²) in [4.78, 5) is 6.32. The first-order valence-corrected chi connectivity index (χ1v) is 17.5. The molecule has 53 heavy (non-hydrogen) atoms. The van der Waals surface area contributed by atoms with Crippen molar-refractivity contribution < 1.29 is 0 Å². The minimum absolute atomic E-state index is 0.414. The predicted molar refractivity (Wildman–Crippen MR) is 218 cm³/mol. The zero-order valence-electron chi connectivity index (χ0n) is 28.5. The summed E-state index contributed by atoms with van der Waals surface area (Å²) in [6.07, 6.45) is 0. The van der Waals surface area contributed by atoms with Crippen molar-refractivity contribution in [3.05, 3.63) is 193 Å². The maximum atomic E-state index is 10.6. The van der Waals surface area contributed by atoms with Gasteiger partial charge in [-0.3, -0.25) is 0 Å². The van der Waals surface area contributed by atoms with E-state index in [9.17, 15) is 5.26 Å². The molecule has 10 rings (SSSR count). The third-order valence-electron chi connectivity index (χ3n) is 10.3.